The first kappa shape index (κ1) is 33.7. The van der Waals surface area contributed by atoms with E-state index in [-0.39, 0.29) is 42.7 Å². The Balaban J connectivity index is 1.35. The monoisotopic (exact) mass is 630 g/mol. The van der Waals surface area contributed by atoms with Crippen molar-refractivity contribution in [3.05, 3.63) is 112 Å². The summed E-state index contributed by atoms with van der Waals surface area (Å²) in [6.07, 6.45) is 2.35. The lowest BCUT2D eigenvalue weighted by Gasteiger charge is -2.27. The van der Waals surface area contributed by atoms with Crippen LogP contribution in [0.5, 0.6) is 17.2 Å². The number of carbonyl (C=O) groups excluding carboxylic acids is 2. The second-order valence-corrected chi connectivity index (χ2v) is 12.1. The first-order valence-electron chi connectivity index (χ1n) is 15.4. The Morgan fingerprint density at radius 3 is 2.02 bits per heavy atom. The lowest BCUT2D eigenvalue weighted by Crippen LogP contribution is -2.20. The van der Waals surface area contributed by atoms with Gasteiger partial charge >= 0.3 is 11.9 Å². The van der Waals surface area contributed by atoms with Crippen molar-refractivity contribution < 1.29 is 33.6 Å². The molecule has 0 amide bonds. The number of thiophene rings is 1. The van der Waals surface area contributed by atoms with Crippen molar-refractivity contribution in [3.63, 3.8) is 0 Å². The summed E-state index contributed by atoms with van der Waals surface area (Å²) in [6.45, 7) is 8.04. The van der Waals surface area contributed by atoms with Crippen LogP contribution < -0.4 is 9.47 Å². The van der Waals surface area contributed by atoms with Gasteiger partial charge in [0.05, 0.1) is 6.61 Å². The number of hydrogen-bond donors (Lipinski definition) is 1. The van der Waals surface area contributed by atoms with Crippen LogP contribution in [-0.2, 0) is 14.3 Å². The van der Waals surface area contributed by atoms with Crippen LogP contribution >= 0.6 is 11.3 Å². The molecule has 45 heavy (non-hydrogen) atoms. The van der Waals surface area contributed by atoms with E-state index in [2.05, 4.69) is 26.0 Å². The molecule has 0 aliphatic carbocycles. The highest BCUT2D eigenvalue weighted by Crippen LogP contribution is 2.39. The molecule has 0 aliphatic rings. The number of aromatic hydroxyl groups is 1. The van der Waals surface area contributed by atoms with Crippen LogP contribution in [0.2, 0.25) is 0 Å². The minimum Gasteiger partial charge on any atom is -0.508 e. The van der Waals surface area contributed by atoms with Gasteiger partial charge in [-0.05, 0) is 108 Å². The maximum absolute atomic E-state index is 11.9. The van der Waals surface area contributed by atoms with E-state index in [4.69, 9.17) is 18.9 Å². The van der Waals surface area contributed by atoms with Crippen LogP contribution in [0.25, 0.3) is 0 Å². The summed E-state index contributed by atoms with van der Waals surface area (Å²) in [5.74, 6) is 1.68. The Morgan fingerprint density at radius 2 is 1.40 bits per heavy atom. The molecule has 7 nitrogen and oxygen atoms in total. The van der Waals surface area contributed by atoms with Gasteiger partial charge in [0.1, 0.15) is 28.7 Å². The van der Waals surface area contributed by atoms with Gasteiger partial charge in [-0.2, -0.15) is 0 Å². The summed E-state index contributed by atoms with van der Waals surface area (Å²) in [6, 6.07) is 27.0. The number of benzene rings is 3. The van der Waals surface area contributed by atoms with Gasteiger partial charge in [-0.1, -0.05) is 56.3 Å². The van der Waals surface area contributed by atoms with Crippen molar-refractivity contribution in [2.75, 3.05) is 13.2 Å². The van der Waals surface area contributed by atoms with Gasteiger partial charge in [-0.3, -0.25) is 4.79 Å². The molecule has 238 valence electrons. The van der Waals surface area contributed by atoms with Crippen LogP contribution in [0.1, 0.15) is 91.1 Å². The third-order valence-corrected chi connectivity index (χ3v) is 8.67. The highest BCUT2D eigenvalue weighted by atomic mass is 32.1. The highest BCUT2D eigenvalue weighted by molar-refractivity contribution is 7.11. The van der Waals surface area contributed by atoms with Crippen LogP contribution in [0, 0.1) is 0 Å². The van der Waals surface area contributed by atoms with Gasteiger partial charge in [0.2, 0.25) is 0 Å². The summed E-state index contributed by atoms with van der Waals surface area (Å²) in [4.78, 5) is 23.8. The molecule has 0 spiro atoms. The van der Waals surface area contributed by atoms with E-state index in [0.717, 1.165) is 19.3 Å². The van der Waals surface area contributed by atoms with E-state index in [9.17, 15) is 14.7 Å². The maximum Gasteiger partial charge on any atom is 0.348 e. The molecule has 1 N–H and O–H groups in total. The molecule has 0 saturated carbocycles. The van der Waals surface area contributed by atoms with E-state index in [1.54, 1.807) is 18.2 Å². The van der Waals surface area contributed by atoms with Crippen molar-refractivity contribution in [1.82, 2.24) is 0 Å². The SMILES string of the molecule is CCC(CC(CC(C)c1ccc(OC(C)=O)cc1)c1ccc(O)cc1)c1ccc(OC(C)OCCOC(=O)c2cccs2)cc1. The molecule has 4 atom stereocenters. The van der Waals surface area contributed by atoms with Gasteiger partial charge in [0.25, 0.3) is 0 Å². The smallest absolute Gasteiger partial charge is 0.348 e. The van der Waals surface area contributed by atoms with Gasteiger partial charge in [0, 0.05) is 6.92 Å². The zero-order valence-electron chi connectivity index (χ0n) is 26.3. The molecular weight excluding hydrogens is 588 g/mol. The molecule has 0 radical (unpaired) electrons. The molecule has 3 aromatic carbocycles. The summed E-state index contributed by atoms with van der Waals surface area (Å²) >= 11 is 1.35. The van der Waals surface area contributed by atoms with Crippen LogP contribution in [0.15, 0.2) is 90.3 Å². The molecule has 0 aliphatic heterocycles. The van der Waals surface area contributed by atoms with E-state index in [1.807, 2.05) is 66.9 Å². The first-order valence-corrected chi connectivity index (χ1v) is 16.3. The topological polar surface area (TPSA) is 91.3 Å². The lowest BCUT2D eigenvalue weighted by molar-refractivity contribution is -0.131. The minimum absolute atomic E-state index is 0.155. The number of phenols is 1. The largest absolute Gasteiger partial charge is 0.508 e. The Hall–Kier alpha value is -4.14. The maximum atomic E-state index is 11.9. The number of ether oxygens (including phenoxy) is 4. The third kappa shape index (κ3) is 10.5. The second kappa shape index (κ2) is 16.8. The van der Waals surface area contributed by atoms with Gasteiger partial charge in [-0.25, -0.2) is 4.79 Å². The summed E-state index contributed by atoms with van der Waals surface area (Å²) < 4.78 is 22.1. The summed E-state index contributed by atoms with van der Waals surface area (Å²) in [7, 11) is 0. The second-order valence-electron chi connectivity index (χ2n) is 11.2. The normalized spacial score (nSPS) is 13.8. The predicted octanol–water partition coefficient (Wildman–Crippen LogP) is 8.84. The van der Waals surface area contributed by atoms with Crippen molar-refractivity contribution in [2.45, 2.75) is 71.0 Å². The molecule has 4 unspecified atom stereocenters. The molecule has 4 aromatic rings. The molecule has 1 aromatic heterocycles. The Labute approximate surface area is 269 Å². The zero-order chi connectivity index (χ0) is 32.2. The van der Waals surface area contributed by atoms with E-state index >= 15 is 0 Å². The lowest BCUT2D eigenvalue weighted by atomic mass is 9.78. The zero-order valence-corrected chi connectivity index (χ0v) is 27.1. The van der Waals surface area contributed by atoms with E-state index in [0.29, 0.717) is 22.3 Å². The Bertz CT molecular complexity index is 1460. The third-order valence-electron chi connectivity index (χ3n) is 7.82. The molecular formula is C37H42O7S. The first-order chi connectivity index (χ1) is 21.7. The molecule has 0 bridgehead atoms. The number of phenolic OH excluding ortho intramolecular Hbond substituents is 1. The minimum atomic E-state index is -0.498. The van der Waals surface area contributed by atoms with Crippen molar-refractivity contribution >= 4 is 23.3 Å². The molecule has 0 saturated heterocycles. The van der Waals surface area contributed by atoms with Crippen molar-refractivity contribution in [2.24, 2.45) is 0 Å². The fraction of sp³-hybridized carbons (Fsp3) is 0.351. The van der Waals surface area contributed by atoms with Crippen LogP contribution in [0.3, 0.4) is 0 Å². The van der Waals surface area contributed by atoms with Crippen LogP contribution in [-0.4, -0.2) is 36.5 Å². The Morgan fingerprint density at radius 1 is 0.778 bits per heavy atom. The van der Waals surface area contributed by atoms with Gasteiger partial charge < -0.3 is 24.1 Å². The fourth-order valence-electron chi connectivity index (χ4n) is 5.45. The highest BCUT2D eigenvalue weighted by Gasteiger charge is 2.22. The average molecular weight is 631 g/mol. The molecule has 1 heterocycles. The quantitative estimate of drug-likeness (QED) is 0.0572. The summed E-state index contributed by atoms with van der Waals surface area (Å²) in [5.41, 5.74) is 3.61. The molecule has 4 rings (SSSR count). The average Bonchev–Trinajstić information content (AvgIpc) is 3.58. The predicted molar refractivity (Wildman–Crippen MR) is 176 cm³/mol. The molecule has 0 fully saturated rings. The fourth-order valence-corrected chi connectivity index (χ4v) is 6.06. The van der Waals surface area contributed by atoms with Crippen molar-refractivity contribution in [1.29, 1.82) is 0 Å². The van der Waals surface area contributed by atoms with Gasteiger partial charge in [0.15, 0.2) is 6.29 Å². The number of carbonyl (C=O) groups is 2. The Kier molecular flexibility index (Phi) is 12.6. The molecule has 8 heteroatoms. The number of esters is 2. The summed E-state index contributed by atoms with van der Waals surface area (Å²) in [5, 5.41) is 11.8. The standard InChI is InChI=1S/C37H42O7S/c1-5-28(30-12-18-35(19-13-30)44-27(4)41-20-21-42-37(40)36-7-6-22-45-36)24-32(31-8-14-33(39)15-9-31)23-25(2)29-10-16-34(17-11-29)43-26(3)38/h6-19,22,25,27-28,32,39H,5,20-21,23-24H2,1-4H3. The number of rotatable bonds is 16. The van der Waals surface area contributed by atoms with Crippen LogP contribution in [0.4, 0.5) is 0 Å². The number of hydrogen-bond acceptors (Lipinski definition) is 8. The van der Waals surface area contributed by atoms with E-state index in [1.165, 1.54) is 35.0 Å². The van der Waals surface area contributed by atoms with Gasteiger partial charge in [-0.15, -0.1) is 11.3 Å². The van der Waals surface area contributed by atoms with E-state index < -0.39 is 6.29 Å². The van der Waals surface area contributed by atoms with Crippen molar-refractivity contribution in [3.8, 4) is 17.2 Å².